The number of methoxy groups -OCH3 is 1. The van der Waals surface area contributed by atoms with Crippen molar-refractivity contribution in [2.24, 2.45) is 0 Å². The molecule has 140 valence electrons. The molecule has 0 radical (unpaired) electrons. The Morgan fingerprint density at radius 2 is 2.00 bits per heavy atom. The molecular formula is C21H24N4OS. The molecular weight excluding hydrogens is 356 g/mol. The molecule has 4 aromatic heterocycles. The molecule has 0 aliphatic heterocycles. The second kappa shape index (κ2) is 6.93. The maximum absolute atomic E-state index is 5.76. The first-order valence-corrected chi connectivity index (χ1v) is 10.2. The highest BCUT2D eigenvalue weighted by molar-refractivity contribution is 7.22. The lowest BCUT2D eigenvalue weighted by Crippen LogP contribution is -2.05. The third-order valence-electron chi connectivity index (χ3n) is 5.16. The van der Waals surface area contributed by atoms with Crippen LogP contribution in [0.1, 0.15) is 49.6 Å². The predicted molar refractivity (Wildman–Crippen MR) is 111 cm³/mol. The number of fused-ring (bicyclic) bond motifs is 2. The smallest absolute Gasteiger partial charge is 0.165 e. The summed E-state index contributed by atoms with van der Waals surface area (Å²) in [6, 6.07) is 6.22. The number of aryl methyl sites for hydroxylation is 2. The van der Waals surface area contributed by atoms with Gasteiger partial charge in [0, 0.05) is 11.8 Å². The number of pyridine rings is 1. The quantitative estimate of drug-likeness (QED) is 0.456. The third-order valence-corrected chi connectivity index (χ3v) is 6.29. The Hall–Kier alpha value is -2.47. The average molecular weight is 381 g/mol. The van der Waals surface area contributed by atoms with Gasteiger partial charge in [0.05, 0.1) is 28.1 Å². The molecule has 0 saturated heterocycles. The van der Waals surface area contributed by atoms with E-state index in [0.29, 0.717) is 5.92 Å². The molecule has 4 aromatic rings. The van der Waals surface area contributed by atoms with Gasteiger partial charge < -0.3 is 4.74 Å². The number of hydrogen-bond donors (Lipinski definition) is 0. The van der Waals surface area contributed by atoms with Gasteiger partial charge in [0.2, 0.25) is 0 Å². The Balaban J connectivity index is 2.05. The van der Waals surface area contributed by atoms with Crippen LogP contribution in [0, 0.1) is 13.8 Å². The molecule has 0 unspecified atom stereocenters. The van der Waals surface area contributed by atoms with Crippen molar-refractivity contribution in [3.05, 3.63) is 41.3 Å². The molecule has 0 atom stereocenters. The summed E-state index contributed by atoms with van der Waals surface area (Å²) in [5, 5.41) is 4.81. The number of imidazole rings is 1. The van der Waals surface area contributed by atoms with E-state index in [2.05, 4.69) is 31.0 Å². The van der Waals surface area contributed by atoms with Crippen molar-refractivity contribution in [3.8, 4) is 16.3 Å². The number of ether oxygens (including phenoxy) is 1. The molecule has 27 heavy (non-hydrogen) atoms. The second-order valence-electron chi connectivity index (χ2n) is 6.85. The summed E-state index contributed by atoms with van der Waals surface area (Å²) in [7, 11) is 1.70. The van der Waals surface area contributed by atoms with Crippen LogP contribution in [0.4, 0.5) is 0 Å². The Morgan fingerprint density at radius 1 is 1.22 bits per heavy atom. The van der Waals surface area contributed by atoms with Gasteiger partial charge in [-0.25, -0.2) is 9.50 Å². The summed E-state index contributed by atoms with van der Waals surface area (Å²) in [5.74, 6) is 1.28. The number of nitrogens with zero attached hydrogens (tertiary/aromatic N) is 4. The minimum Gasteiger partial charge on any atom is -0.493 e. The molecule has 0 bridgehead atoms. The summed E-state index contributed by atoms with van der Waals surface area (Å²) in [6.07, 6.45) is 3.98. The van der Waals surface area contributed by atoms with Gasteiger partial charge in [0.15, 0.2) is 11.4 Å². The van der Waals surface area contributed by atoms with Crippen LogP contribution in [0.5, 0.6) is 5.75 Å². The normalized spacial score (nSPS) is 11.8. The van der Waals surface area contributed by atoms with Crippen molar-refractivity contribution in [2.75, 3.05) is 7.11 Å². The van der Waals surface area contributed by atoms with E-state index in [-0.39, 0.29) is 0 Å². The molecule has 5 nitrogen and oxygen atoms in total. The van der Waals surface area contributed by atoms with Crippen LogP contribution in [0.3, 0.4) is 0 Å². The lowest BCUT2D eigenvalue weighted by atomic mass is 9.95. The molecule has 4 rings (SSSR count). The minimum absolute atomic E-state index is 0.481. The number of thiophene rings is 1. The van der Waals surface area contributed by atoms with Gasteiger partial charge in [-0.1, -0.05) is 13.8 Å². The molecule has 6 heteroatoms. The summed E-state index contributed by atoms with van der Waals surface area (Å²) in [5.41, 5.74) is 6.09. The van der Waals surface area contributed by atoms with Gasteiger partial charge >= 0.3 is 0 Å². The number of hydrogen-bond acceptors (Lipinski definition) is 5. The second-order valence-corrected chi connectivity index (χ2v) is 7.90. The van der Waals surface area contributed by atoms with E-state index < -0.39 is 0 Å². The zero-order valence-electron chi connectivity index (χ0n) is 16.4. The van der Waals surface area contributed by atoms with Gasteiger partial charge in [0.1, 0.15) is 11.2 Å². The highest BCUT2D eigenvalue weighted by Gasteiger charge is 2.24. The van der Waals surface area contributed by atoms with Crippen LogP contribution < -0.4 is 4.74 Å². The first kappa shape index (κ1) is 17.9. The fraction of sp³-hybridized carbons (Fsp3) is 0.381. The summed E-state index contributed by atoms with van der Waals surface area (Å²) < 4.78 is 8.86. The Morgan fingerprint density at radius 3 is 2.70 bits per heavy atom. The fourth-order valence-electron chi connectivity index (χ4n) is 3.82. The Bertz CT molecular complexity index is 1120. The summed E-state index contributed by atoms with van der Waals surface area (Å²) in [6.45, 7) is 8.57. The first-order valence-electron chi connectivity index (χ1n) is 9.37. The van der Waals surface area contributed by atoms with Crippen molar-refractivity contribution in [1.82, 2.24) is 19.6 Å². The lowest BCUT2D eigenvalue weighted by molar-refractivity contribution is 0.421. The van der Waals surface area contributed by atoms with Gasteiger partial charge in [-0.3, -0.25) is 4.98 Å². The molecule has 0 amide bonds. The van der Waals surface area contributed by atoms with Crippen molar-refractivity contribution in [2.45, 2.75) is 46.5 Å². The zero-order valence-corrected chi connectivity index (χ0v) is 17.2. The molecule has 0 aromatic carbocycles. The SMILES string of the molecule is CCC(CC)c1cc(C)nn2c(-c3sc4cccnc4c3OC)c(C)nc12. The van der Waals surface area contributed by atoms with Crippen LogP contribution in [0.2, 0.25) is 0 Å². The van der Waals surface area contributed by atoms with Crippen molar-refractivity contribution in [1.29, 1.82) is 0 Å². The number of rotatable bonds is 5. The monoisotopic (exact) mass is 380 g/mol. The van der Waals surface area contributed by atoms with Gasteiger partial charge in [-0.15, -0.1) is 11.3 Å². The topological polar surface area (TPSA) is 52.3 Å². The van der Waals surface area contributed by atoms with E-state index in [0.717, 1.165) is 56.4 Å². The van der Waals surface area contributed by atoms with E-state index in [4.69, 9.17) is 14.8 Å². The van der Waals surface area contributed by atoms with E-state index in [1.165, 1.54) is 5.56 Å². The molecule has 0 spiro atoms. The molecule has 0 aliphatic rings. The highest BCUT2D eigenvalue weighted by Crippen LogP contribution is 2.44. The molecule has 0 fully saturated rings. The molecule has 4 heterocycles. The Labute approximate surface area is 163 Å². The largest absolute Gasteiger partial charge is 0.493 e. The summed E-state index contributed by atoms with van der Waals surface area (Å²) in [4.78, 5) is 10.5. The van der Waals surface area contributed by atoms with E-state index in [1.807, 2.05) is 24.4 Å². The highest BCUT2D eigenvalue weighted by atomic mass is 32.1. The average Bonchev–Trinajstić information content (AvgIpc) is 3.18. The van der Waals surface area contributed by atoms with Crippen LogP contribution in [-0.4, -0.2) is 26.7 Å². The number of aromatic nitrogens is 4. The predicted octanol–water partition coefficient (Wildman–Crippen LogP) is 5.54. The van der Waals surface area contributed by atoms with Crippen LogP contribution >= 0.6 is 11.3 Å². The van der Waals surface area contributed by atoms with Crippen molar-refractivity contribution >= 4 is 27.2 Å². The van der Waals surface area contributed by atoms with Crippen molar-refractivity contribution in [3.63, 3.8) is 0 Å². The van der Waals surface area contributed by atoms with Crippen LogP contribution in [-0.2, 0) is 0 Å². The van der Waals surface area contributed by atoms with E-state index in [1.54, 1.807) is 24.6 Å². The van der Waals surface area contributed by atoms with Crippen LogP contribution in [0.25, 0.3) is 26.4 Å². The molecule has 0 N–H and O–H groups in total. The van der Waals surface area contributed by atoms with Gasteiger partial charge in [0.25, 0.3) is 0 Å². The van der Waals surface area contributed by atoms with Crippen molar-refractivity contribution < 1.29 is 4.74 Å². The van der Waals surface area contributed by atoms with Gasteiger partial charge in [-0.05, 0) is 50.8 Å². The maximum atomic E-state index is 5.76. The lowest BCUT2D eigenvalue weighted by Gasteiger charge is -2.14. The zero-order chi connectivity index (χ0) is 19.1. The van der Waals surface area contributed by atoms with E-state index in [9.17, 15) is 0 Å². The van der Waals surface area contributed by atoms with Gasteiger partial charge in [-0.2, -0.15) is 5.10 Å². The third kappa shape index (κ3) is 2.79. The molecule has 0 aliphatic carbocycles. The standard InChI is InChI=1S/C21H24N4OS/c1-6-14(7-2)15-11-12(3)24-25-18(13(4)23-21(15)25)20-19(26-5)17-16(27-20)9-8-10-22-17/h8-11,14H,6-7H2,1-5H3. The fourth-order valence-corrected chi connectivity index (χ4v) is 5.03. The molecule has 0 saturated carbocycles. The Kier molecular flexibility index (Phi) is 4.60. The summed E-state index contributed by atoms with van der Waals surface area (Å²) >= 11 is 1.68. The van der Waals surface area contributed by atoms with E-state index >= 15 is 0 Å². The maximum Gasteiger partial charge on any atom is 0.165 e. The van der Waals surface area contributed by atoms with Crippen LogP contribution in [0.15, 0.2) is 24.4 Å². The minimum atomic E-state index is 0.481. The first-order chi connectivity index (χ1) is 13.1.